The lowest BCUT2D eigenvalue weighted by atomic mass is 9.94. The molecule has 2 aromatic rings. The number of halogens is 1. The molecule has 0 N–H and O–H groups in total. The maximum atomic E-state index is 12.6. The normalized spacial score (nSPS) is 15.0. The number of aryl methyl sites for hydroxylation is 1. The third kappa shape index (κ3) is 2.58. The average molecular weight is 364 g/mol. The third-order valence-electron chi connectivity index (χ3n) is 3.71. The van der Waals surface area contributed by atoms with Crippen LogP contribution in [0.25, 0.3) is 10.9 Å². The molecule has 1 aromatic heterocycles. The molecular weight excluding hydrogens is 346 g/mol. The van der Waals surface area contributed by atoms with Crippen molar-refractivity contribution in [2.24, 2.45) is 0 Å². The van der Waals surface area contributed by atoms with Crippen molar-refractivity contribution in [2.45, 2.75) is 45.6 Å². The summed E-state index contributed by atoms with van der Waals surface area (Å²) in [5.41, 5.74) is 1.58. The van der Waals surface area contributed by atoms with Crippen LogP contribution in [0.3, 0.4) is 0 Å². The van der Waals surface area contributed by atoms with Gasteiger partial charge in [-0.25, -0.2) is 9.36 Å². The molecule has 0 aliphatic heterocycles. The van der Waals surface area contributed by atoms with Crippen LogP contribution in [0.4, 0.5) is 4.79 Å². The Morgan fingerprint density at radius 2 is 2.00 bits per heavy atom. The molecule has 0 radical (unpaired) electrons. The van der Waals surface area contributed by atoms with Crippen molar-refractivity contribution in [3.63, 3.8) is 0 Å². The topological polar surface area (TPSA) is 48.3 Å². The van der Waals surface area contributed by atoms with Crippen molar-refractivity contribution in [1.82, 2.24) is 4.57 Å². The van der Waals surface area contributed by atoms with Crippen LogP contribution in [0.2, 0.25) is 0 Å². The highest BCUT2D eigenvalue weighted by Crippen LogP contribution is 2.34. The van der Waals surface area contributed by atoms with Gasteiger partial charge in [-0.05, 0) is 51.3 Å². The van der Waals surface area contributed by atoms with E-state index in [0.29, 0.717) is 12.1 Å². The summed E-state index contributed by atoms with van der Waals surface area (Å²) in [5, 5.41) is 0.956. The summed E-state index contributed by atoms with van der Waals surface area (Å²) >= 11 is 3.44. The van der Waals surface area contributed by atoms with Gasteiger partial charge in [-0.15, -0.1) is 0 Å². The molecular formula is C17H18BrNO3. The summed E-state index contributed by atoms with van der Waals surface area (Å²) in [6.07, 6.45) is 1.63. The van der Waals surface area contributed by atoms with Crippen LogP contribution >= 0.6 is 15.9 Å². The predicted molar refractivity (Wildman–Crippen MR) is 88.5 cm³/mol. The van der Waals surface area contributed by atoms with Crippen LogP contribution in [0.5, 0.6) is 0 Å². The Kier molecular flexibility index (Phi) is 3.63. The minimum atomic E-state index is -0.607. The first-order valence-corrected chi connectivity index (χ1v) is 8.16. The summed E-state index contributed by atoms with van der Waals surface area (Å²) in [6, 6.07) is 5.75. The molecule has 0 unspecified atom stereocenters. The predicted octanol–water partition coefficient (Wildman–Crippen LogP) is 4.71. The van der Waals surface area contributed by atoms with E-state index in [2.05, 4.69) is 15.9 Å². The maximum absolute atomic E-state index is 12.6. The van der Waals surface area contributed by atoms with Crippen molar-refractivity contribution in [1.29, 1.82) is 0 Å². The van der Waals surface area contributed by atoms with Crippen LogP contribution in [-0.2, 0) is 11.2 Å². The number of nitrogens with zero attached hydrogens (tertiary/aromatic N) is 1. The van der Waals surface area contributed by atoms with Crippen LogP contribution in [-0.4, -0.2) is 22.0 Å². The van der Waals surface area contributed by atoms with Gasteiger partial charge in [0, 0.05) is 16.3 Å². The van der Waals surface area contributed by atoms with E-state index >= 15 is 0 Å². The van der Waals surface area contributed by atoms with Crippen molar-refractivity contribution in [2.75, 3.05) is 0 Å². The van der Waals surface area contributed by atoms with Crippen LogP contribution in [0, 0.1) is 0 Å². The van der Waals surface area contributed by atoms with Crippen molar-refractivity contribution in [3.8, 4) is 0 Å². The fourth-order valence-electron chi connectivity index (χ4n) is 2.92. The fraction of sp³-hybridized carbons (Fsp3) is 0.412. The van der Waals surface area contributed by atoms with Gasteiger partial charge in [-0.2, -0.15) is 0 Å². The molecule has 0 spiro atoms. The molecule has 0 amide bonds. The lowest BCUT2D eigenvalue weighted by molar-refractivity contribution is 0.0534. The Bertz CT molecular complexity index is 783. The highest BCUT2D eigenvalue weighted by atomic mass is 79.9. The number of hydrogen-bond acceptors (Lipinski definition) is 3. The van der Waals surface area contributed by atoms with Gasteiger partial charge in [0.2, 0.25) is 0 Å². The molecule has 0 saturated carbocycles. The number of rotatable bonds is 0. The maximum Gasteiger partial charge on any atom is 0.419 e. The number of aromatic nitrogens is 1. The second-order valence-electron chi connectivity index (χ2n) is 6.58. The molecule has 1 heterocycles. The van der Waals surface area contributed by atoms with Gasteiger partial charge in [-0.1, -0.05) is 22.0 Å². The first-order chi connectivity index (χ1) is 10.3. The molecule has 0 atom stereocenters. The zero-order valence-electron chi connectivity index (χ0n) is 12.9. The quantitative estimate of drug-likeness (QED) is 0.681. The highest BCUT2D eigenvalue weighted by Gasteiger charge is 2.30. The number of Topliss-reactive ketones (excluding diaryl/α,β-unsaturated/α-hetero) is 1. The van der Waals surface area contributed by atoms with Gasteiger partial charge >= 0.3 is 6.09 Å². The molecule has 4 nitrogen and oxygen atoms in total. The van der Waals surface area contributed by atoms with Gasteiger partial charge in [0.25, 0.3) is 0 Å². The van der Waals surface area contributed by atoms with E-state index < -0.39 is 11.7 Å². The Morgan fingerprint density at radius 1 is 1.27 bits per heavy atom. The monoisotopic (exact) mass is 363 g/mol. The number of benzene rings is 1. The van der Waals surface area contributed by atoms with Crippen molar-refractivity contribution < 1.29 is 14.3 Å². The van der Waals surface area contributed by atoms with E-state index in [1.165, 1.54) is 4.57 Å². The van der Waals surface area contributed by atoms with Gasteiger partial charge in [0.05, 0.1) is 11.2 Å². The van der Waals surface area contributed by atoms with E-state index in [9.17, 15) is 9.59 Å². The number of hydrogen-bond donors (Lipinski definition) is 0. The van der Waals surface area contributed by atoms with Crippen LogP contribution < -0.4 is 0 Å². The molecule has 0 saturated heterocycles. The van der Waals surface area contributed by atoms with Gasteiger partial charge in [0.1, 0.15) is 5.60 Å². The summed E-state index contributed by atoms with van der Waals surface area (Å²) in [7, 11) is 0. The zero-order chi connectivity index (χ0) is 16.1. The lowest BCUT2D eigenvalue weighted by Crippen LogP contribution is -2.29. The molecule has 1 aromatic carbocycles. The van der Waals surface area contributed by atoms with E-state index in [4.69, 9.17) is 4.74 Å². The number of carbonyl (C=O) groups is 2. The minimum Gasteiger partial charge on any atom is -0.443 e. The lowest BCUT2D eigenvalue weighted by Gasteiger charge is -2.21. The molecule has 0 bridgehead atoms. The Hall–Kier alpha value is -1.62. The largest absolute Gasteiger partial charge is 0.443 e. The van der Waals surface area contributed by atoms with Gasteiger partial charge < -0.3 is 4.74 Å². The molecule has 3 rings (SSSR count). The van der Waals surface area contributed by atoms with Crippen molar-refractivity contribution >= 4 is 38.7 Å². The summed E-state index contributed by atoms with van der Waals surface area (Å²) in [5.74, 6) is 0.0134. The Balaban J connectivity index is 2.27. The van der Waals surface area contributed by atoms with E-state index in [1.807, 2.05) is 39.0 Å². The second-order valence-corrected chi connectivity index (χ2v) is 7.50. The van der Waals surface area contributed by atoms with E-state index in [0.717, 1.165) is 33.8 Å². The highest BCUT2D eigenvalue weighted by molar-refractivity contribution is 9.10. The zero-order valence-corrected chi connectivity index (χ0v) is 14.5. The molecule has 0 fully saturated rings. The van der Waals surface area contributed by atoms with Crippen LogP contribution in [0.15, 0.2) is 22.7 Å². The number of ketones is 1. The standard InChI is InChI=1S/C17H18BrNO3/c1-17(2,3)22-16(21)19-13-9-10(18)7-8-11(13)12-5-4-6-14(20)15(12)19/h7-9H,4-6H2,1-3H3. The van der Waals surface area contributed by atoms with Gasteiger partial charge in [0.15, 0.2) is 5.78 Å². The minimum absolute atomic E-state index is 0.0134. The number of fused-ring (bicyclic) bond motifs is 3. The molecule has 22 heavy (non-hydrogen) atoms. The fourth-order valence-corrected chi connectivity index (χ4v) is 3.26. The van der Waals surface area contributed by atoms with E-state index in [-0.39, 0.29) is 5.78 Å². The Morgan fingerprint density at radius 3 is 2.68 bits per heavy atom. The SMILES string of the molecule is CC(C)(C)OC(=O)n1c2c(c3ccc(Br)cc31)CCCC2=O. The number of carbonyl (C=O) groups excluding carboxylic acids is 2. The molecule has 5 heteroatoms. The summed E-state index contributed by atoms with van der Waals surface area (Å²) in [4.78, 5) is 25.0. The first-order valence-electron chi connectivity index (χ1n) is 7.37. The Labute approximate surface area is 137 Å². The van der Waals surface area contributed by atoms with Crippen molar-refractivity contribution in [3.05, 3.63) is 33.9 Å². The number of ether oxygens (including phenoxy) is 1. The smallest absolute Gasteiger partial charge is 0.419 e. The molecule has 116 valence electrons. The third-order valence-corrected chi connectivity index (χ3v) is 4.20. The van der Waals surface area contributed by atoms with E-state index in [1.54, 1.807) is 0 Å². The molecule has 1 aliphatic carbocycles. The summed E-state index contributed by atoms with van der Waals surface area (Å²) in [6.45, 7) is 5.46. The summed E-state index contributed by atoms with van der Waals surface area (Å²) < 4.78 is 7.82. The first kappa shape index (κ1) is 15.3. The average Bonchev–Trinajstić information content (AvgIpc) is 2.71. The van der Waals surface area contributed by atoms with Gasteiger partial charge in [-0.3, -0.25) is 4.79 Å². The molecule has 1 aliphatic rings. The van der Waals surface area contributed by atoms with Crippen LogP contribution in [0.1, 0.15) is 49.7 Å². The second kappa shape index (κ2) is 5.23.